The van der Waals surface area contributed by atoms with Crippen molar-refractivity contribution in [2.45, 2.75) is 101 Å². The van der Waals surface area contributed by atoms with Crippen molar-refractivity contribution in [3.05, 3.63) is 23.3 Å². The van der Waals surface area contributed by atoms with Crippen LogP contribution < -0.4 is 10.1 Å². The number of likely N-dealkylation sites (tertiary alicyclic amines) is 1. The van der Waals surface area contributed by atoms with E-state index in [2.05, 4.69) is 23.3 Å². The summed E-state index contributed by atoms with van der Waals surface area (Å²) in [5.41, 5.74) is 1.06. The van der Waals surface area contributed by atoms with Gasteiger partial charge in [0.15, 0.2) is 11.5 Å². The van der Waals surface area contributed by atoms with Gasteiger partial charge in [0.05, 0.1) is 11.0 Å². The van der Waals surface area contributed by atoms with Crippen molar-refractivity contribution in [3.63, 3.8) is 0 Å². The SMILES string of the molecule is CO[C@@]12CCC(N[C@H](C(=O)OC(C)(C)C)C(C)C)[C@@H]3Oc4c(O)ccc5c4[C@@]31CCN(C)C2C5. The van der Waals surface area contributed by atoms with E-state index in [9.17, 15) is 9.90 Å². The van der Waals surface area contributed by atoms with Gasteiger partial charge in [-0.15, -0.1) is 0 Å². The number of phenolic OH excluding ortho intramolecular Hbond substituents is 1. The lowest BCUT2D eigenvalue weighted by Gasteiger charge is -2.65. The third-order valence-corrected chi connectivity index (χ3v) is 8.77. The fourth-order valence-corrected chi connectivity index (χ4v) is 7.44. The van der Waals surface area contributed by atoms with Crippen LogP contribution >= 0.6 is 0 Å². The summed E-state index contributed by atoms with van der Waals surface area (Å²) in [6.07, 6.45) is 3.22. The zero-order valence-corrected chi connectivity index (χ0v) is 21.6. The maximum absolute atomic E-state index is 13.1. The second kappa shape index (κ2) is 7.84. The van der Waals surface area contributed by atoms with E-state index in [1.807, 2.05) is 41.7 Å². The highest BCUT2D eigenvalue weighted by atomic mass is 16.6. The first-order valence-corrected chi connectivity index (χ1v) is 12.7. The van der Waals surface area contributed by atoms with Crippen LogP contribution in [0.4, 0.5) is 0 Å². The summed E-state index contributed by atoms with van der Waals surface area (Å²) in [6, 6.07) is 3.56. The predicted octanol–water partition coefficient (Wildman–Crippen LogP) is 3.15. The zero-order valence-electron chi connectivity index (χ0n) is 21.6. The van der Waals surface area contributed by atoms with Crippen molar-refractivity contribution >= 4 is 5.97 Å². The number of likely N-dealkylation sites (N-methyl/N-ethyl adjacent to an activating group) is 1. The molecule has 2 aliphatic heterocycles. The van der Waals surface area contributed by atoms with Gasteiger partial charge in [0.2, 0.25) is 0 Å². The lowest BCUT2D eigenvalue weighted by atomic mass is 9.48. The molecule has 0 aromatic heterocycles. The maximum atomic E-state index is 13.1. The van der Waals surface area contributed by atoms with Crippen LogP contribution in [-0.2, 0) is 26.1 Å². The van der Waals surface area contributed by atoms with Gasteiger partial charge in [-0.3, -0.25) is 10.1 Å². The van der Waals surface area contributed by atoms with Crippen LogP contribution in [0.5, 0.6) is 11.5 Å². The summed E-state index contributed by atoms with van der Waals surface area (Å²) in [5, 5.41) is 14.5. The topological polar surface area (TPSA) is 80.3 Å². The van der Waals surface area contributed by atoms with Crippen LogP contribution in [-0.4, -0.2) is 72.1 Å². The number of piperidine rings is 1. The Balaban J connectivity index is 1.57. The summed E-state index contributed by atoms with van der Waals surface area (Å²) >= 11 is 0. The minimum atomic E-state index is -0.548. The van der Waals surface area contributed by atoms with Gasteiger partial charge in [-0.25, -0.2) is 0 Å². The van der Waals surface area contributed by atoms with Crippen LogP contribution in [0.2, 0.25) is 0 Å². The van der Waals surface area contributed by atoms with E-state index in [4.69, 9.17) is 14.2 Å². The molecule has 1 spiro atoms. The van der Waals surface area contributed by atoms with Gasteiger partial charge in [-0.2, -0.15) is 0 Å². The van der Waals surface area contributed by atoms with E-state index in [1.54, 1.807) is 6.07 Å². The number of nitrogens with one attached hydrogen (secondary N) is 1. The fourth-order valence-electron chi connectivity index (χ4n) is 7.44. The van der Waals surface area contributed by atoms with Gasteiger partial charge in [0, 0.05) is 24.8 Å². The molecule has 1 aromatic carbocycles. The minimum absolute atomic E-state index is 0.0609. The molecule has 7 heteroatoms. The van der Waals surface area contributed by atoms with Gasteiger partial charge in [0.25, 0.3) is 0 Å². The second-order valence-electron chi connectivity index (χ2n) is 12.1. The van der Waals surface area contributed by atoms with Crippen LogP contribution in [0, 0.1) is 5.92 Å². The lowest BCUT2D eigenvalue weighted by Crippen LogP contribution is -2.78. The third kappa shape index (κ3) is 3.16. The number of phenols is 1. The molecule has 188 valence electrons. The van der Waals surface area contributed by atoms with E-state index >= 15 is 0 Å². The quantitative estimate of drug-likeness (QED) is 0.637. The van der Waals surface area contributed by atoms with Gasteiger partial charge in [0.1, 0.15) is 17.7 Å². The Hall–Kier alpha value is -1.83. The van der Waals surface area contributed by atoms with Crippen molar-refractivity contribution < 1.29 is 24.1 Å². The van der Waals surface area contributed by atoms with E-state index in [0.717, 1.165) is 37.8 Å². The molecule has 7 nitrogen and oxygen atoms in total. The van der Waals surface area contributed by atoms with Crippen molar-refractivity contribution in [3.8, 4) is 11.5 Å². The first-order chi connectivity index (χ1) is 15.9. The molecule has 1 saturated heterocycles. The van der Waals surface area contributed by atoms with Crippen LogP contribution in [0.15, 0.2) is 12.1 Å². The third-order valence-electron chi connectivity index (χ3n) is 8.77. The maximum Gasteiger partial charge on any atom is 0.323 e. The van der Waals surface area contributed by atoms with E-state index in [0.29, 0.717) is 5.75 Å². The average Bonchev–Trinajstić information content (AvgIpc) is 3.11. The molecule has 2 heterocycles. The van der Waals surface area contributed by atoms with Crippen LogP contribution in [0.25, 0.3) is 0 Å². The number of hydrogen-bond acceptors (Lipinski definition) is 7. The van der Waals surface area contributed by atoms with Crippen molar-refractivity contribution in [2.24, 2.45) is 5.92 Å². The summed E-state index contributed by atoms with van der Waals surface area (Å²) in [7, 11) is 4.03. The van der Waals surface area contributed by atoms with Gasteiger partial charge < -0.3 is 24.2 Å². The number of esters is 1. The Morgan fingerprint density at radius 3 is 2.68 bits per heavy atom. The highest BCUT2D eigenvalue weighted by Crippen LogP contribution is 2.66. The Morgan fingerprint density at radius 2 is 2.03 bits per heavy atom. The predicted molar refractivity (Wildman–Crippen MR) is 129 cm³/mol. The molecule has 5 rings (SSSR count). The second-order valence-corrected chi connectivity index (χ2v) is 12.1. The standard InChI is InChI=1S/C27H40N2O5/c1-15(2)21(24(31)34-25(3,4)5)28-17-10-11-27(32-7)19-14-16-8-9-18(30)22-20(16)26(27,23(17)33-22)12-13-29(19)6/h8-9,15,17,19,21,23,28,30H,10-14H2,1-7H3/t17?,19?,21-,23-,26-,27+/m0/s1. The molecule has 6 atom stereocenters. The molecule has 2 N–H and O–H groups in total. The molecular formula is C27H40N2O5. The van der Waals surface area contributed by atoms with Gasteiger partial charge in [-0.05, 0) is 77.6 Å². The van der Waals surface area contributed by atoms with Crippen molar-refractivity contribution in [1.82, 2.24) is 10.2 Å². The number of carbonyl (C=O) groups is 1. The smallest absolute Gasteiger partial charge is 0.323 e. The number of hydrogen-bond donors (Lipinski definition) is 2. The minimum Gasteiger partial charge on any atom is -0.504 e. The van der Waals surface area contributed by atoms with Crippen molar-refractivity contribution in [2.75, 3.05) is 20.7 Å². The fraction of sp³-hybridized carbons (Fsp3) is 0.741. The normalized spacial score (nSPS) is 35.0. The van der Waals surface area contributed by atoms with Crippen molar-refractivity contribution in [1.29, 1.82) is 0 Å². The number of aromatic hydroxyl groups is 1. The number of carbonyl (C=O) groups excluding carboxylic acids is 1. The first kappa shape index (κ1) is 23.9. The molecular weight excluding hydrogens is 432 g/mol. The van der Waals surface area contributed by atoms with E-state index in [1.165, 1.54) is 5.56 Å². The Morgan fingerprint density at radius 1 is 1.29 bits per heavy atom. The highest BCUT2D eigenvalue weighted by Gasteiger charge is 2.73. The lowest BCUT2D eigenvalue weighted by molar-refractivity contribution is -0.204. The number of methoxy groups -OCH3 is 1. The Kier molecular flexibility index (Phi) is 5.51. The number of benzene rings is 1. The number of nitrogens with zero attached hydrogens (tertiary/aromatic N) is 1. The summed E-state index contributed by atoms with van der Waals surface area (Å²) < 4.78 is 19.0. The Labute approximate surface area is 203 Å². The van der Waals surface area contributed by atoms with Gasteiger partial charge in [-0.1, -0.05) is 19.9 Å². The molecule has 2 bridgehead atoms. The van der Waals surface area contributed by atoms with E-state index in [-0.39, 0.29) is 41.2 Å². The largest absolute Gasteiger partial charge is 0.504 e. The monoisotopic (exact) mass is 472 g/mol. The van der Waals surface area contributed by atoms with Crippen LogP contribution in [0.1, 0.15) is 65.0 Å². The number of rotatable bonds is 5. The average molecular weight is 473 g/mol. The van der Waals surface area contributed by atoms with Crippen LogP contribution in [0.3, 0.4) is 0 Å². The molecule has 0 radical (unpaired) electrons. The summed E-state index contributed by atoms with van der Waals surface area (Å²) in [6.45, 7) is 10.7. The summed E-state index contributed by atoms with van der Waals surface area (Å²) in [5.74, 6) is 0.633. The number of ether oxygens (including phenoxy) is 3. The molecule has 0 amide bonds. The Bertz CT molecular complexity index is 988. The highest BCUT2D eigenvalue weighted by molar-refractivity contribution is 5.76. The first-order valence-electron chi connectivity index (χ1n) is 12.7. The molecule has 2 unspecified atom stereocenters. The molecule has 1 aromatic rings. The van der Waals surface area contributed by atoms with Gasteiger partial charge >= 0.3 is 5.97 Å². The summed E-state index contributed by atoms with van der Waals surface area (Å²) in [4.78, 5) is 15.6. The molecule has 34 heavy (non-hydrogen) atoms. The molecule has 4 aliphatic rings. The molecule has 2 aliphatic carbocycles. The molecule has 2 fully saturated rings. The van der Waals surface area contributed by atoms with E-state index < -0.39 is 17.2 Å². The zero-order chi connectivity index (χ0) is 24.6. The molecule has 1 saturated carbocycles.